The number of nitrogens with zero attached hydrogens (tertiary/aromatic N) is 2. The zero-order chi connectivity index (χ0) is 30.8. The maximum atomic E-state index is 12.7. The van der Waals surface area contributed by atoms with Crippen LogP contribution in [-0.4, -0.2) is 57.2 Å². The topological polar surface area (TPSA) is 112 Å². The molecule has 1 aromatic rings. The van der Waals surface area contributed by atoms with E-state index >= 15 is 0 Å². The van der Waals surface area contributed by atoms with E-state index in [9.17, 15) is 9.59 Å². The number of hydrogen-bond donors (Lipinski definition) is 2. The van der Waals surface area contributed by atoms with Crippen molar-refractivity contribution in [1.82, 2.24) is 9.97 Å². The molecule has 11 heteroatoms. The molecule has 1 aliphatic rings. The first-order chi connectivity index (χ1) is 18.1. The second-order valence-electron chi connectivity index (χ2n) is 14.7. The van der Waals surface area contributed by atoms with Crippen molar-refractivity contribution in [2.75, 3.05) is 17.2 Å². The molecule has 2 heterocycles. The molecule has 1 aromatic heterocycles. The molecule has 1 saturated heterocycles. The van der Waals surface area contributed by atoms with Crippen LogP contribution in [0.2, 0.25) is 36.3 Å². The van der Waals surface area contributed by atoms with Crippen LogP contribution < -0.4 is 10.6 Å². The van der Waals surface area contributed by atoms with Crippen LogP contribution in [0.5, 0.6) is 0 Å². The smallest absolute Gasteiger partial charge is 0.231 e. The Morgan fingerprint density at radius 3 is 1.98 bits per heavy atom. The molecule has 2 amide bonds. The number of anilines is 2. The molecule has 1 unspecified atom stereocenters. The number of rotatable bonds is 10. The van der Waals surface area contributed by atoms with E-state index in [1.807, 2.05) is 13.8 Å². The van der Waals surface area contributed by atoms with E-state index in [1.165, 1.54) is 0 Å². The van der Waals surface area contributed by atoms with E-state index in [0.29, 0.717) is 24.4 Å². The highest BCUT2D eigenvalue weighted by Crippen LogP contribution is 2.44. The Morgan fingerprint density at radius 1 is 0.950 bits per heavy atom. The van der Waals surface area contributed by atoms with Gasteiger partial charge in [-0.2, -0.15) is 4.98 Å². The third-order valence-corrected chi connectivity index (χ3v) is 17.6. The Hall–Kier alpha value is -1.67. The van der Waals surface area contributed by atoms with Gasteiger partial charge in [-0.1, -0.05) is 69.2 Å². The summed E-state index contributed by atoms with van der Waals surface area (Å²) in [5.41, 5.74) is 0.662. The van der Waals surface area contributed by atoms with Crippen molar-refractivity contribution in [1.29, 1.82) is 0 Å². The van der Waals surface area contributed by atoms with Gasteiger partial charge in [0, 0.05) is 30.0 Å². The van der Waals surface area contributed by atoms with Crippen LogP contribution in [0.4, 0.5) is 11.8 Å². The van der Waals surface area contributed by atoms with Gasteiger partial charge in [-0.25, -0.2) is 4.98 Å². The number of ether oxygens (including phenoxy) is 1. The number of nitrogens with one attached hydrogen (secondary N) is 2. The van der Waals surface area contributed by atoms with E-state index in [4.69, 9.17) is 13.6 Å². The fraction of sp³-hybridized carbons (Fsp3) is 0.793. The van der Waals surface area contributed by atoms with Crippen LogP contribution in [0.25, 0.3) is 0 Å². The summed E-state index contributed by atoms with van der Waals surface area (Å²) in [6.45, 7) is 30.0. The molecule has 0 radical (unpaired) electrons. The molecule has 0 spiro atoms. The van der Waals surface area contributed by atoms with E-state index in [1.54, 1.807) is 20.0 Å². The van der Waals surface area contributed by atoms with Gasteiger partial charge in [0.15, 0.2) is 16.6 Å². The highest BCUT2D eigenvalue weighted by atomic mass is 28.4. The maximum Gasteiger partial charge on any atom is 0.231 e. The maximum absolute atomic E-state index is 12.7. The van der Waals surface area contributed by atoms with E-state index < -0.39 is 22.7 Å². The summed E-state index contributed by atoms with van der Waals surface area (Å²) >= 11 is 0. The Morgan fingerprint density at radius 2 is 1.48 bits per heavy atom. The van der Waals surface area contributed by atoms with Crippen LogP contribution in [-0.2, 0) is 23.2 Å². The zero-order valence-electron chi connectivity index (χ0n) is 27.3. The number of amides is 2. The standard InChI is InChI=1S/C29H54N4O5Si2/c1-18(2)25(34)31-24-20(16-30-27(32-24)33-26(35)19(3)4)21-15-22(38-40(13,14)29(8,9)10)23(37-21)17-36-39(11,12)28(5,6)7/h16,18-19,21-23H,15,17H2,1-14H3,(H2,30,31,32,33,34,35)/t21?,22-,23+/m0/s1. The van der Waals surface area contributed by atoms with Crippen LogP contribution in [0.3, 0.4) is 0 Å². The second-order valence-corrected chi connectivity index (χ2v) is 24.2. The minimum atomic E-state index is -2.12. The second kappa shape index (κ2) is 12.7. The Labute approximate surface area is 244 Å². The normalized spacial score (nSPS) is 20.8. The molecule has 0 saturated carbocycles. The molecule has 0 aliphatic carbocycles. The summed E-state index contributed by atoms with van der Waals surface area (Å²) < 4.78 is 20.2. The zero-order valence-corrected chi connectivity index (χ0v) is 29.3. The fourth-order valence-corrected chi connectivity index (χ4v) is 5.93. The first kappa shape index (κ1) is 34.5. The van der Waals surface area contributed by atoms with Gasteiger partial charge in [-0.05, 0) is 36.3 Å². The summed E-state index contributed by atoms with van der Waals surface area (Å²) in [7, 11) is -4.14. The molecular weight excluding hydrogens is 541 g/mol. The molecule has 0 bridgehead atoms. The predicted octanol–water partition coefficient (Wildman–Crippen LogP) is 6.91. The van der Waals surface area contributed by atoms with Crippen LogP contribution >= 0.6 is 0 Å². The number of aromatic nitrogens is 2. The third-order valence-electron chi connectivity index (χ3n) is 8.56. The Balaban J connectivity index is 2.45. The largest absolute Gasteiger partial charge is 0.414 e. The molecule has 1 fully saturated rings. The average molecular weight is 595 g/mol. The summed E-state index contributed by atoms with van der Waals surface area (Å²) in [5, 5.41) is 5.76. The molecule has 3 atom stereocenters. The van der Waals surface area contributed by atoms with Crippen molar-refractivity contribution in [2.45, 2.75) is 130 Å². The van der Waals surface area contributed by atoms with Gasteiger partial charge in [-0.15, -0.1) is 0 Å². The van der Waals surface area contributed by atoms with Gasteiger partial charge in [-0.3, -0.25) is 14.9 Å². The van der Waals surface area contributed by atoms with Crippen molar-refractivity contribution in [2.24, 2.45) is 11.8 Å². The fourth-order valence-electron chi connectivity index (χ4n) is 3.55. The predicted molar refractivity (Wildman–Crippen MR) is 166 cm³/mol. The quantitative estimate of drug-likeness (QED) is 0.283. The molecular formula is C29H54N4O5Si2. The lowest BCUT2D eigenvalue weighted by molar-refractivity contribution is -0.119. The van der Waals surface area contributed by atoms with Gasteiger partial charge < -0.3 is 18.9 Å². The van der Waals surface area contributed by atoms with Gasteiger partial charge in [0.25, 0.3) is 0 Å². The minimum Gasteiger partial charge on any atom is -0.414 e. The SMILES string of the molecule is CC(C)C(=O)Nc1ncc(C2C[C@H](O[Si](C)(C)C(C)(C)C)[C@@H](CO[Si](C)(C)C(C)(C)C)O2)c(NC(=O)C(C)C)n1. The molecule has 1 aliphatic heterocycles. The van der Waals surface area contributed by atoms with Crippen molar-refractivity contribution < 1.29 is 23.2 Å². The lowest BCUT2D eigenvalue weighted by atomic mass is 10.1. The summed E-state index contributed by atoms with van der Waals surface area (Å²) in [4.78, 5) is 34.0. The average Bonchev–Trinajstić information content (AvgIpc) is 3.17. The van der Waals surface area contributed by atoms with E-state index in [0.717, 1.165) is 0 Å². The van der Waals surface area contributed by atoms with Gasteiger partial charge >= 0.3 is 0 Å². The highest BCUT2D eigenvalue weighted by molar-refractivity contribution is 6.74. The van der Waals surface area contributed by atoms with E-state index in [2.05, 4.69) is 88.3 Å². The molecule has 40 heavy (non-hydrogen) atoms. The van der Waals surface area contributed by atoms with E-state index in [-0.39, 0.29) is 51.9 Å². The summed E-state index contributed by atoms with van der Waals surface area (Å²) in [5.74, 6) is -0.365. The van der Waals surface area contributed by atoms with Gasteiger partial charge in [0.05, 0.1) is 18.8 Å². The lowest BCUT2D eigenvalue weighted by Crippen LogP contribution is -2.48. The first-order valence-electron chi connectivity index (χ1n) is 14.5. The third kappa shape index (κ3) is 8.67. The molecule has 228 valence electrons. The minimum absolute atomic E-state index is 0.0334. The van der Waals surface area contributed by atoms with Crippen molar-refractivity contribution in [3.8, 4) is 0 Å². The molecule has 2 N–H and O–H groups in total. The Kier molecular flexibility index (Phi) is 11.0. The lowest BCUT2D eigenvalue weighted by Gasteiger charge is -2.40. The monoisotopic (exact) mass is 594 g/mol. The number of carbonyl (C=O) groups is 2. The molecule has 2 rings (SSSR count). The van der Waals surface area contributed by atoms with Crippen molar-refractivity contribution in [3.05, 3.63) is 11.8 Å². The van der Waals surface area contributed by atoms with Crippen LogP contribution in [0.15, 0.2) is 6.20 Å². The van der Waals surface area contributed by atoms with Crippen molar-refractivity contribution in [3.63, 3.8) is 0 Å². The van der Waals surface area contributed by atoms with Crippen LogP contribution in [0, 0.1) is 11.8 Å². The van der Waals surface area contributed by atoms with Gasteiger partial charge in [0.1, 0.15) is 11.9 Å². The van der Waals surface area contributed by atoms with Crippen LogP contribution in [0.1, 0.15) is 87.3 Å². The number of carbonyl (C=O) groups excluding carboxylic acids is 2. The molecule has 0 aromatic carbocycles. The number of hydrogen-bond acceptors (Lipinski definition) is 7. The first-order valence-corrected chi connectivity index (χ1v) is 20.3. The summed E-state index contributed by atoms with van der Waals surface area (Å²) in [6, 6.07) is 0. The van der Waals surface area contributed by atoms with Crippen molar-refractivity contribution >= 4 is 40.2 Å². The molecule has 9 nitrogen and oxygen atoms in total. The van der Waals surface area contributed by atoms with Gasteiger partial charge in [0.2, 0.25) is 17.8 Å². The summed E-state index contributed by atoms with van der Waals surface area (Å²) in [6.07, 6.45) is 1.38. The highest BCUT2D eigenvalue weighted by Gasteiger charge is 2.47. The Bertz CT molecular complexity index is 1050.